The lowest BCUT2D eigenvalue weighted by Crippen LogP contribution is -2.32. The van der Waals surface area contributed by atoms with Crippen LogP contribution >= 0.6 is 22.6 Å². The first kappa shape index (κ1) is 19.1. The van der Waals surface area contributed by atoms with E-state index >= 15 is 0 Å². The minimum Gasteiger partial charge on any atom is -0.371 e. The van der Waals surface area contributed by atoms with Crippen LogP contribution in [0.4, 0.5) is 14.5 Å². The molecule has 2 aromatic rings. The predicted octanol–water partition coefficient (Wildman–Crippen LogP) is 4.80. The Hall–Kier alpha value is -1.70. The summed E-state index contributed by atoms with van der Waals surface area (Å²) in [5, 5.41) is 2.66. The van der Waals surface area contributed by atoms with E-state index in [2.05, 4.69) is 22.3 Å². The molecule has 0 atom stereocenters. The number of nitrogens with one attached hydrogen (secondary N) is 1. The second kappa shape index (κ2) is 8.33. The summed E-state index contributed by atoms with van der Waals surface area (Å²) in [4.78, 5) is 12.7. The van der Waals surface area contributed by atoms with E-state index in [0.29, 0.717) is 18.9 Å². The molecule has 6 heteroatoms. The highest BCUT2D eigenvalue weighted by atomic mass is 127. The highest BCUT2D eigenvalue weighted by Gasteiger charge is 2.27. The van der Waals surface area contributed by atoms with Gasteiger partial charge < -0.3 is 10.2 Å². The molecule has 1 amide bonds. The van der Waals surface area contributed by atoms with Gasteiger partial charge in [-0.25, -0.2) is 0 Å². The molecule has 3 rings (SSSR count). The number of benzene rings is 2. The van der Waals surface area contributed by atoms with E-state index in [1.807, 2.05) is 24.3 Å². The van der Waals surface area contributed by atoms with Gasteiger partial charge in [0.1, 0.15) is 0 Å². The molecule has 0 radical (unpaired) electrons. The fourth-order valence-corrected chi connectivity index (χ4v) is 3.76. The molecule has 26 heavy (non-hydrogen) atoms. The van der Waals surface area contributed by atoms with Crippen LogP contribution in [0.3, 0.4) is 0 Å². The van der Waals surface area contributed by atoms with Gasteiger partial charge in [-0.2, -0.15) is 8.78 Å². The Morgan fingerprint density at radius 1 is 1.08 bits per heavy atom. The largest absolute Gasteiger partial charge is 0.371 e. The third-order valence-corrected chi connectivity index (χ3v) is 5.52. The van der Waals surface area contributed by atoms with Crippen molar-refractivity contribution in [1.82, 2.24) is 5.32 Å². The first-order chi connectivity index (χ1) is 12.5. The van der Waals surface area contributed by atoms with E-state index in [1.54, 1.807) is 12.1 Å². The van der Waals surface area contributed by atoms with Gasteiger partial charge in [0.2, 0.25) is 6.41 Å². The molecular formula is C20H21F2IN2O. The fraction of sp³-hybridized carbons (Fsp3) is 0.350. The highest BCUT2D eigenvalue weighted by Crippen LogP contribution is 2.37. The van der Waals surface area contributed by atoms with Gasteiger partial charge in [-0.15, -0.1) is 0 Å². The number of halogens is 3. The number of carbonyl (C=O) groups is 1. The van der Waals surface area contributed by atoms with Crippen LogP contribution in [0.2, 0.25) is 0 Å². The minimum atomic E-state index is -2.81. The molecular weight excluding hydrogens is 449 g/mol. The third kappa shape index (κ3) is 4.72. The zero-order valence-electron chi connectivity index (χ0n) is 14.3. The maximum absolute atomic E-state index is 13.3. The van der Waals surface area contributed by atoms with Crippen molar-refractivity contribution >= 4 is 34.7 Å². The molecule has 1 saturated heterocycles. The van der Waals surface area contributed by atoms with Crippen molar-refractivity contribution in [2.24, 2.45) is 0 Å². The van der Waals surface area contributed by atoms with Gasteiger partial charge in [-0.3, -0.25) is 4.79 Å². The molecule has 0 unspecified atom stereocenters. The lowest BCUT2D eigenvalue weighted by Gasteiger charge is -2.34. The molecule has 0 spiro atoms. The zero-order valence-corrected chi connectivity index (χ0v) is 16.5. The van der Waals surface area contributed by atoms with Crippen LogP contribution < -0.4 is 10.2 Å². The number of nitrogens with zero attached hydrogens (tertiary/aromatic N) is 1. The van der Waals surface area contributed by atoms with Crippen LogP contribution in [0.25, 0.3) is 0 Å². The van der Waals surface area contributed by atoms with E-state index in [9.17, 15) is 13.6 Å². The van der Waals surface area contributed by atoms with E-state index in [4.69, 9.17) is 0 Å². The Morgan fingerprint density at radius 2 is 1.69 bits per heavy atom. The summed E-state index contributed by atoms with van der Waals surface area (Å²) in [6.45, 7) is 2.43. The number of hydrogen-bond acceptors (Lipinski definition) is 2. The van der Waals surface area contributed by atoms with Gasteiger partial charge in [-0.05, 0) is 42.0 Å². The van der Waals surface area contributed by atoms with E-state index in [1.165, 1.54) is 28.3 Å². The summed E-state index contributed by atoms with van der Waals surface area (Å²) < 4.78 is 23.8. The van der Waals surface area contributed by atoms with Crippen molar-refractivity contribution in [2.75, 3.05) is 18.0 Å². The van der Waals surface area contributed by atoms with Crippen LogP contribution in [-0.4, -0.2) is 19.5 Å². The number of anilines is 1. The Labute approximate surface area is 165 Å². The second-order valence-electron chi connectivity index (χ2n) is 6.55. The molecule has 2 aromatic carbocycles. The SMILES string of the molecule is O=CNCc1ccc(N2CCC(c3ccc(C(F)(F)I)cc3)CC2)cc1. The van der Waals surface area contributed by atoms with E-state index in [0.717, 1.165) is 37.1 Å². The van der Waals surface area contributed by atoms with Crippen molar-refractivity contribution in [3.8, 4) is 0 Å². The molecule has 138 valence electrons. The highest BCUT2D eigenvalue weighted by molar-refractivity contribution is 14.1. The molecule has 1 fully saturated rings. The van der Waals surface area contributed by atoms with Gasteiger partial charge in [0.15, 0.2) is 0 Å². The summed E-state index contributed by atoms with van der Waals surface area (Å²) >= 11 is 1.17. The topological polar surface area (TPSA) is 32.3 Å². The van der Waals surface area contributed by atoms with E-state index in [-0.39, 0.29) is 5.56 Å². The Bertz CT molecular complexity index is 721. The van der Waals surface area contributed by atoms with Crippen LogP contribution in [0, 0.1) is 0 Å². The quantitative estimate of drug-likeness (QED) is 0.374. The fourth-order valence-electron chi connectivity index (χ4n) is 3.40. The zero-order chi connectivity index (χ0) is 18.6. The van der Waals surface area contributed by atoms with E-state index < -0.39 is 3.93 Å². The number of alkyl halides is 3. The maximum atomic E-state index is 13.3. The van der Waals surface area contributed by atoms with Gasteiger partial charge in [0.05, 0.1) is 0 Å². The summed E-state index contributed by atoms with van der Waals surface area (Å²) in [6, 6.07) is 15.0. The molecule has 1 heterocycles. The van der Waals surface area contributed by atoms with Crippen molar-refractivity contribution in [3.05, 3.63) is 65.2 Å². The Balaban J connectivity index is 1.58. The first-order valence-electron chi connectivity index (χ1n) is 8.65. The Morgan fingerprint density at radius 3 is 2.23 bits per heavy atom. The average Bonchev–Trinajstić information content (AvgIpc) is 2.66. The van der Waals surface area contributed by atoms with Crippen LogP contribution in [0.1, 0.15) is 35.4 Å². The molecule has 0 bridgehead atoms. The van der Waals surface area contributed by atoms with Crippen LogP contribution in [0.15, 0.2) is 48.5 Å². The molecule has 1 aliphatic heterocycles. The standard InChI is InChI=1S/C20H21F2IN2O/c21-20(22,23)18-5-3-16(4-6-18)17-9-11-25(12-10-17)19-7-1-15(2-8-19)13-24-14-26/h1-8,14,17H,9-13H2,(H,24,26). The van der Waals surface area contributed by atoms with Crippen molar-refractivity contribution in [2.45, 2.75) is 29.2 Å². The number of carbonyl (C=O) groups excluding carboxylic acids is 1. The van der Waals surface area contributed by atoms with Crippen LogP contribution in [0.5, 0.6) is 0 Å². The summed E-state index contributed by atoms with van der Waals surface area (Å²) in [5.74, 6) is 0.416. The number of hydrogen-bond donors (Lipinski definition) is 1. The third-order valence-electron chi connectivity index (χ3n) is 4.90. The molecule has 3 nitrogen and oxygen atoms in total. The van der Waals surface area contributed by atoms with Gasteiger partial charge in [0.25, 0.3) is 0 Å². The van der Waals surface area contributed by atoms with Crippen molar-refractivity contribution in [1.29, 1.82) is 0 Å². The number of rotatable bonds is 6. The molecule has 1 N–H and O–H groups in total. The van der Waals surface area contributed by atoms with Crippen molar-refractivity contribution in [3.63, 3.8) is 0 Å². The molecule has 0 aromatic heterocycles. The van der Waals surface area contributed by atoms with Crippen molar-refractivity contribution < 1.29 is 13.6 Å². The monoisotopic (exact) mass is 470 g/mol. The Kier molecular flexibility index (Phi) is 6.11. The number of amides is 1. The minimum absolute atomic E-state index is 0.0587. The predicted molar refractivity (Wildman–Crippen MR) is 108 cm³/mol. The molecule has 0 saturated carbocycles. The van der Waals surface area contributed by atoms with Gasteiger partial charge >= 0.3 is 3.93 Å². The smallest absolute Gasteiger partial charge is 0.321 e. The van der Waals surface area contributed by atoms with Gasteiger partial charge in [0, 0.05) is 53.5 Å². The first-order valence-corrected chi connectivity index (χ1v) is 9.73. The van der Waals surface area contributed by atoms with Gasteiger partial charge in [-0.1, -0.05) is 36.4 Å². The number of piperidine rings is 1. The normalized spacial score (nSPS) is 15.7. The lowest BCUT2D eigenvalue weighted by atomic mass is 9.89. The average molecular weight is 470 g/mol. The second-order valence-corrected chi connectivity index (χ2v) is 7.90. The summed E-state index contributed by atoms with van der Waals surface area (Å²) in [7, 11) is 0. The summed E-state index contributed by atoms with van der Waals surface area (Å²) in [5.41, 5.74) is 3.45. The van der Waals surface area contributed by atoms with Crippen LogP contribution in [-0.2, 0) is 15.3 Å². The molecule has 1 aliphatic rings. The maximum Gasteiger partial charge on any atom is 0.321 e. The lowest BCUT2D eigenvalue weighted by molar-refractivity contribution is -0.109. The summed E-state index contributed by atoms with van der Waals surface area (Å²) in [6.07, 6.45) is 2.72. The molecule has 0 aliphatic carbocycles.